The quantitative estimate of drug-likeness (QED) is 0.300. The topological polar surface area (TPSA) is 107 Å². The molecule has 0 aromatic carbocycles. The van der Waals surface area contributed by atoms with Gasteiger partial charge in [0.05, 0.1) is 0 Å². The van der Waals surface area contributed by atoms with Crippen molar-refractivity contribution >= 4 is 0 Å². The van der Waals surface area contributed by atoms with Gasteiger partial charge in [0, 0.05) is 6.04 Å². The summed E-state index contributed by atoms with van der Waals surface area (Å²) in [6.07, 6.45) is 2.83. The Balaban J connectivity index is -0.000000439. The third-order valence-corrected chi connectivity index (χ3v) is 2.37. The molecule has 0 radical (unpaired) electrons. The summed E-state index contributed by atoms with van der Waals surface area (Å²) in [7, 11) is 0. The van der Waals surface area contributed by atoms with Crippen molar-refractivity contribution in [3.05, 3.63) is 26.3 Å². The lowest BCUT2D eigenvalue weighted by Gasteiger charge is -2.28. The maximum absolute atomic E-state index is 5.54. The van der Waals surface area contributed by atoms with E-state index in [0.717, 1.165) is 19.3 Å². The molecule has 0 spiro atoms. The molecule has 0 aromatic rings. The molecule has 0 saturated heterocycles. The fourth-order valence-corrected chi connectivity index (χ4v) is 1.51. The lowest BCUT2D eigenvalue weighted by Crippen LogP contribution is -2.50. The molecule has 0 fully saturated rings. The van der Waals surface area contributed by atoms with Gasteiger partial charge in [-0.1, -0.05) is 6.92 Å². The van der Waals surface area contributed by atoms with E-state index in [1.54, 1.807) is 0 Å². The minimum atomic E-state index is 0.187. The van der Waals surface area contributed by atoms with Crippen LogP contribution in [0.5, 0.6) is 0 Å². The van der Waals surface area contributed by atoms with E-state index in [-0.39, 0.29) is 6.04 Å². The van der Waals surface area contributed by atoms with Crippen molar-refractivity contribution in [3.8, 4) is 0 Å². The van der Waals surface area contributed by atoms with Crippen LogP contribution in [0.2, 0.25) is 0 Å². The van der Waals surface area contributed by atoms with E-state index >= 15 is 0 Å². The standard InChI is InChI=1S/C8H23N5.2C2H4/c1-7(4-6-10)8(13(11)12)3-2-5-9;2*1-2/h7-8H,2-6,9-12H2,1H3;2*1-2H2. The fraction of sp³-hybridized carbons (Fsp3) is 0.667. The van der Waals surface area contributed by atoms with Gasteiger partial charge >= 0.3 is 0 Å². The molecule has 17 heavy (non-hydrogen) atoms. The van der Waals surface area contributed by atoms with E-state index in [0.29, 0.717) is 19.0 Å². The first-order chi connectivity index (χ1) is 8.13. The molecule has 104 valence electrons. The predicted molar refractivity (Wildman–Crippen MR) is 77.6 cm³/mol. The van der Waals surface area contributed by atoms with Crippen LogP contribution in [0.15, 0.2) is 26.3 Å². The van der Waals surface area contributed by atoms with Gasteiger partial charge in [0.15, 0.2) is 0 Å². The lowest BCUT2D eigenvalue weighted by molar-refractivity contribution is 0.137. The number of hydrogen-bond donors (Lipinski definition) is 4. The van der Waals surface area contributed by atoms with Crippen molar-refractivity contribution in [2.24, 2.45) is 29.1 Å². The Kier molecular flexibility index (Phi) is 22.4. The largest absolute Gasteiger partial charge is 0.330 e. The van der Waals surface area contributed by atoms with Gasteiger partial charge in [0.1, 0.15) is 0 Å². The Morgan fingerprint density at radius 3 is 1.71 bits per heavy atom. The lowest BCUT2D eigenvalue weighted by atomic mass is 9.94. The zero-order valence-electron chi connectivity index (χ0n) is 11.3. The van der Waals surface area contributed by atoms with Gasteiger partial charge in [-0.15, -0.1) is 26.3 Å². The van der Waals surface area contributed by atoms with E-state index in [1.165, 1.54) is 5.12 Å². The Hall–Kier alpha value is -0.720. The van der Waals surface area contributed by atoms with Crippen LogP contribution in [0.4, 0.5) is 0 Å². The Bertz CT molecular complexity index is 139. The highest BCUT2D eigenvalue weighted by Gasteiger charge is 2.19. The summed E-state index contributed by atoms with van der Waals surface area (Å²) in [4.78, 5) is 0. The summed E-state index contributed by atoms with van der Waals surface area (Å²) >= 11 is 0. The van der Waals surface area contributed by atoms with Crippen molar-refractivity contribution in [3.63, 3.8) is 0 Å². The van der Waals surface area contributed by atoms with Gasteiger partial charge in [-0.25, -0.2) is 0 Å². The van der Waals surface area contributed by atoms with Crippen LogP contribution in [-0.2, 0) is 0 Å². The van der Waals surface area contributed by atoms with Crippen molar-refractivity contribution in [2.75, 3.05) is 13.1 Å². The molecule has 0 saturated carbocycles. The van der Waals surface area contributed by atoms with E-state index < -0.39 is 0 Å². The second kappa shape index (κ2) is 17.7. The molecule has 0 bridgehead atoms. The van der Waals surface area contributed by atoms with Gasteiger partial charge in [-0.2, -0.15) is 5.12 Å². The molecular formula is C12H31N5. The molecule has 2 atom stereocenters. The maximum atomic E-state index is 5.54. The van der Waals surface area contributed by atoms with Crippen LogP contribution in [0.25, 0.3) is 0 Å². The first kappa shape index (κ1) is 21.6. The van der Waals surface area contributed by atoms with E-state index in [1.807, 2.05) is 0 Å². The van der Waals surface area contributed by atoms with E-state index in [9.17, 15) is 0 Å². The van der Waals surface area contributed by atoms with Gasteiger partial charge in [-0.3, -0.25) is 11.7 Å². The number of nitrogens with two attached hydrogens (primary N) is 4. The van der Waals surface area contributed by atoms with Gasteiger partial charge in [0.25, 0.3) is 0 Å². The summed E-state index contributed by atoms with van der Waals surface area (Å²) in [5.41, 5.74) is 10.9. The van der Waals surface area contributed by atoms with Crippen LogP contribution in [0.3, 0.4) is 0 Å². The van der Waals surface area contributed by atoms with Crippen molar-refractivity contribution in [1.29, 1.82) is 0 Å². The number of rotatable bonds is 7. The molecule has 2 unspecified atom stereocenters. The number of hydrazine groups is 2. The van der Waals surface area contributed by atoms with Crippen molar-refractivity contribution in [1.82, 2.24) is 5.12 Å². The third kappa shape index (κ3) is 13.2. The molecule has 0 aliphatic heterocycles. The van der Waals surface area contributed by atoms with Crippen LogP contribution >= 0.6 is 0 Å². The van der Waals surface area contributed by atoms with Crippen LogP contribution < -0.4 is 23.2 Å². The average Bonchev–Trinajstić information content (AvgIpc) is 2.34. The monoisotopic (exact) mass is 245 g/mol. The second-order valence-corrected chi connectivity index (χ2v) is 3.50. The molecule has 0 heterocycles. The Labute approximate surface area is 106 Å². The molecular weight excluding hydrogens is 214 g/mol. The van der Waals surface area contributed by atoms with E-state index in [2.05, 4.69) is 33.2 Å². The summed E-state index contributed by atoms with van der Waals surface area (Å²) in [6.45, 7) is 15.5. The van der Waals surface area contributed by atoms with Crippen LogP contribution in [0.1, 0.15) is 26.2 Å². The van der Waals surface area contributed by atoms with E-state index in [4.69, 9.17) is 23.2 Å². The zero-order valence-corrected chi connectivity index (χ0v) is 11.3. The van der Waals surface area contributed by atoms with Gasteiger partial charge < -0.3 is 11.5 Å². The summed E-state index contributed by atoms with van der Waals surface area (Å²) in [5, 5.41) is 1.29. The maximum Gasteiger partial charge on any atom is 0.0421 e. The molecule has 0 rings (SSSR count). The predicted octanol–water partition coefficient (Wildman–Crippen LogP) is 0.733. The highest BCUT2D eigenvalue weighted by molar-refractivity contribution is 4.71. The summed E-state index contributed by atoms with van der Waals surface area (Å²) < 4.78 is 0. The van der Waals surface area contributed by atoms with Gasteiger partial charge in [-0.05, 0) is 38.3 Å². The minimum absolute atomic E-state index is 0.187. The normalized spacial score (nSPS) is 12.8. The van der Waals surface area contributed by atoms with Gasteiger partial charge in [0.2, 0.25) is 0 Å². The molecule has 0 aromatic heterocycles. The highest BCUT2D eigenvalue weighted by Crippen LogP contribution is 2.14. The van der Waals surface area contributed by atoms with Crippen molar-refractivity contribution < 1.29 is 0 Å². The van der Waals surface area contributed by atoms with Crippen LogP contribution in [0, 0.1) is 5.92 Å². The highest BCUT2D eigenvalue weighted by atomic mass is 15.6. The minimum Gasteiger partial charge on any atom is -0.330 e. The Morgan fingerprint density at radius 1 is 0.941 bits per heavy atom. The first-order valence-corrected chi connectivity index (χ1v) is 5.82. The average molecular weight is 245 g/mol. The molecule has 5 nitrogen and oxygen atoms in total. The summed E-state index contributed by atoms with van der Waals surface area (Å²) in [5.74, 6) is 11.5. The fourth-order valence-electron chi connectivity index (χ4n) is 1.51. The number of hydrogen-bond acceptors (Lipinski definition) is 5. The summed E-state index contributed by atoms with van der Waals surface area (Å²) in [6, 6.07) is 0.187. The molecule has 0 aliphatic rings. The molecule has 8 N–H and O–H groups in total. The Morgan fingerprint density at radius 2 is 1.41 bits per heavy atom. The first-order valence-electron chi connectivity index (χ1n) is 5.82. The SMILES string of the molecule is C=C.C=C.CC(CCN)C(CCCN)N(N)N. The smallest absolute Gasteiger partial charge is 0.0421 e. The molecule has 0 aliphatic carbocycles. The number of nitrogens with zero attached hydrogens (tertiary/aromatic N) is 1. The van der Waals surface area contributed by atoms with Crippen LogP contribution in [-0.4, -0.2) is 24.2 Å². The zero-order chi connectivity index (χ0) is 14.3. The molecule has 0 amide bonds. The molecule has 5 heteroatoms. The third-order valence-electron chi connectivity index (χ3n) is 2.37. The second-order valence-electron chi connectivity index (χ2n) is 3.50. The van der Waals surface area contributed by atoms with Crippen molar-refractivity contribution in [2.45, 2.75) is 32.2 Å².